The van der Waals surface area contributed by atoms with Crippen LogP contribution in [0.1, 0.15) is 36.2 Å². The molecule has 0 spiro atoms. The Bertz CT molecular complexity index is 391. The molecule has 1 aliphatic rings. The van der Waals surface area contributed by atoms with Gasteiger partial charge < -0.3 is 15.2 Å². The molecular weight excluding hydrogens is 252 g/mol. The van der Waals surface area contributed by atoms with Crippen molar-refractivity contribution < 1.29 is 4.79 Å². The first-order valence-electron chi connectivity index (χ1n) is 6.21. The lowest BCUT2D eigenvalue weighted by Gasteiger charge is -2.35. The molecule has 5 nitrogen and oxygen atoms in total. The van der Waals surface area contributed by atoms with Gasteiger partial charge in [-0.15, -0.1) is 12.4 Å². The number of likely N-dealkylation sites (tertiary alicyclic amines) is 1. The Balaban J connectivity index is 0.00000162. The molecule has 1 aromatic rings. The fraction of sp³-hybridized carbons (Fsp3) is 0.667. The van der Waals surface area contributed by atoms with Gasteiger partial charge in [0.15, 0.2) is 0 Å². The fourth-order valence-corrected chi connectivity index (χ4v) is 2.43. The molecule has 1 saturated heterocycles. The van der Waals surface area contributed by atoms with E-state index in [1.807, 2.05) is 11.9 Å². The highest BCUT2D eigenvalue weighted by Gasteiger charge is 2.27. The van der Waals surface area contributed by atoms with E-state index in [1.165, 1.54) is 6.42 Å². The quantitative estimate of drug-likeness (QED) is 0.899. The smallest absolute Gasteiger partial charge is 0.274 e. The van der Waals surface area contributed by atoms with Gasteiger partial charge in [-0.05, 0) is 32.2 Å². The number of hydrogen-bond acceptors (Lipinski definition) is 3. The first kappa shape index (κ1) is 15.0. The number of nitrogens with two attached hydrogens (primary N) is 1. The largest absolute Gasteiger partial charge is 0.340 e. The Morgan fingerprint density at radius 2 is 2.33 bits per heavy atom. The Morgan fingerprint density at radius 3 is 2.94 bits per heavy atom. The molecule has 0 radical (unpaired) electrons. The van der Waals surface area contributed by atoms with Crippen LogP contribution in [0.25, 0.3) is 0 Å². The Labute approximate surface area is 114 Å². The van der Waals surface area contributed by atoms with Crippen LogP contribution in [0.5, 0.6) is 0 Å². The summed E-state index contributed by atoms with van der Waals surface area (Å²) in [4.78, 5) is 18.4. The van der Waals surface area contributed by atoms with E-state index in [9.17, 15) is 4.79 Å². The summed E-state index contributed by atoms with van der Waals surface area (Å²) in [7, 11) is 1.87. The molecule has 0 saturated carbocycles. The second-order valence-corrected chi connectivity index (χ2v) is 4.65. The lowest BCUT2D eigenvalue weighted by atomic mass is 9.99. The maximum absolute atomic E-state index is 12.3. The first-order chi connectivity index (χ1) is 8.22. The number of aromatic nitrogens is 2. The number of imidazole rings is 1. The number of aryl methyl sites for hydroxylation is 1. The molecule has 2 heterocycles. The van der Waals surface area contributed by atoms with Crippen molar-refractivity contribution in [3.63, 3.8) is 0 Å². The van der Waals surface area contributed by atoms with Gasteiger partial charge in [-0.1, -0.05) is 0 Å². The van der Waals surface area contributed by atoms with Gasteiger partial charge in [0.05, 0.1) is 6.33 Å². The second-order valence-electron chi connectivity index (χ2n) is 4.65. The summed E-state index contributed by atoms with van der Waals surface area (Å²) in [6.45, 7) is 1.47. The van der Waals surface area contributed by atoms with Crippen molar-refractivity contribution in [1.82, 2.24) is 14.5 Å². The average Bonchev–Trinajstić information content (AvgIpc) is 2.76. The predicted molar refractivity (Wildman–Crippen MR) is 72.8 cm³/mol. The number of piperidine rings is 1. The topological polar surface area (TPSA) is 64.2 Å². The van der Waals surface area contributed by atoms with Crippen molar-refractivity contribution in [2.75, 3.05) is 13.1 Å². The molecule has 18 heavy (non-hydrogen) atoms. The zero-order chi connectivity index (χ0) is 12.3. The maximum atomic E-state index is 12.3. The van der Waals surface area contributed by atoms with E-state index in [2.05, 4.69) is 4.98 Å². The highest BCUT2D eigenvalue weighted by atomic mass is 35.5. The summed E-state index contributed by atoms with van der Waals surface area (Å²) in [5.74, 6) is 0.0451. The van der Waals surface area contributed by atoms with Gasteiger partial charge in [-0.3, -0.25) is 4.79 Å². The highest BCUT2D eigenvalue weighted by Crippen LogP contribution is 2.21. The predicted octanol–water partition coefficient (Wildman–Crippen LogP) is 1.19. The molecule has 6 heteroatoms. The summed E-state index contributed by atoms with van der Waals surface area (Å²) in [6, 6.07) is 0.295. The lowest BCUT2D eigenvalue weighted by Crippen LogP contribution is -2.44. The zero-order valence-electron chi connectivity index (χ0n) is 10.7. The van der Waals surface area contributed by atoms with Gasteiger partial charge in [0.1, 0.15) is 5.69 Å². The summed E-state index contributed by atoms with van der Waals surface area (Å²) < 4.78 is 1.80. The number of nitrogens with zero attached hydrogens (tertiary/aromatic N) is 3. The van der Waals surface area contributed by atoms with E-state index in [-0.39, 0.29) is 18.3 Å². The van der Waals surface area contributed by atoms with Gasteiger partial charge in [0, 0.05) is 25.8 Å². The van der Waals surface area contributed by atoms with Crippen molar-refractivity contribution >= 4 is 18.3 Å². The van der Waals surface area contributed by atoms with Gasteiger partial charge in [0.25, 0.3) is 5.91 Å². The number of hydrogen-bond donors (Lipinski definition) is 1. The molecule has 1 unspecified atom stereocenters. The highest BCUT2D eigenvalue weighted by molar-refractivity contribution is 5.92. The minimum absolute atomic E-state index is 0. The molecule has 0 aromatic carbocycles. The molecule has 1 amide bonds. The minimum atomic E-state index is 0. The summed E-state index contributed by atoms with van der Waals surface area (Å²) in [5, 5.41) is 0. The van der Waals surface area contributed by atoms with Crippen molar-refractivity contribution in [3.8, 4) is 0 Å². The third-order valence-corrected chi connectivity index (χ3v) is 3.31. The standard InChI is InChI=1S/C12H20N4O.ClH/c1-15-8-11(14-9-15)12(17)16-7-3-2-4-10(16)5-6-13;/h8-10H,2-7,13H2,1H3;1H. The fourth-order valence-electron chi connectivity index (χ4n) is 2.43. The van der Waals surface area contributed by atoms with Gasteiger partial charge in [-0.2, -0.15) is 0 Å². The Hall–Kier alpha value is -1.07. The molecule has 2 N–H and O–H groups in total. The summed E-state index contributed by atoms with van der Waals surface area (Å²) in [5.41, 5.74) is 6.15. The second kappa shape index (κ2) is 6.75. The minimum Gasteiger partial charge on any atom is -0.340 e. The number of carbonyl (C=O) groups is 1. The van der Waals surface area contributed by atoms with E-state index < -0.39 is 0 Å². The number of amides is 1. The molecule has 1 aliphatic heterocycles. The van der Waals surface area contributed by atoms with Crippen LogP contribution < -0.4 is 5.73 Å². The maximum Gasteiger partial charge on any atom is 0.274 e. The normalized spacial score (nSPS) is 19.4. The summed E-state index contributed by atoms with van der Waals surface area (Å²) in [6.07, 6.45) is 7.66. The molecular formula is C12H21ClN4O. The Kier molecular flexibility index (Phi) is 5.62. The average molecular weight is 273 g/mol. The third-order valence-electron chi connectivity index (χ3n) is 3.31. The third kappa shape index (κ3) is 3.23. The lowest BCUT2D eigenvalue weighted by molar-refractivity contribution is 0.0599. The molecule has 102 valence electrons. The van der Waals surface area contributed by atoms with Crippen LogP contribution in [0.2, 0.25) is 0 Å². The van der Waals surface area contributed by atoms with Crippen LogP contribution >= 0.6 is 12.4 Å². The molecule has 2 rings (SSSR count). The molecule has 1 fully saturated rings. The van der Waals surface area contributed by atoms with E-state index >= 15 is 0 Å². The summed E-state index contributed by atoms with van der Waals surface area (Å²) >= 11 is 0. The van der Waals surface area contributed by atoms with Crippen molar-refractivity contribution in [2.24, 2.45) is 12.8 Å². The molecule has 0 aliphatic carbocycles. The number of carbonyl (C=O) groups excluding carboxylic acids is 1. The van der Waals surface area contributed by atoms with E-state index in [0.29, 0.717) is 18.3 Å². The van der Waals surface area contributed by atoms with Crippen LogP contribution in [0.15, 0.2) is 12.5 Å². The van der Waals surface area contributed by atoms with Crippen molar-refractivity contribution in [1.29, 1.82) is 0 Å². The van der Waals surface area contributed by atoms with E-state index in [4.69, 9.17) is 5.73 Å². The zero-order valence-corrected chi connectivity index (χ0v) is 11.5. The van der Waals surface area contributed by atoms with Crippen LogP contribution in [0.3, 0.4) is 0 Å². The number of halogens is 1. The van der Waals surface area contributed by atoms with Crippen molar-refractivity contribution in [3.05, 3.63) is 18.2 Å². The van der Waals surface area contributed by atoms with Crippen LogP contribution in [-0.2, 0) is 7.05 Å². The Morgan fingerprint density at radius 1 is 1.56 bits per heavy atom. The molecule has 1 atom stereocenters. The SMILES string of the molecule is Cl.Cn1cnc(C(=O)N2CCCCC2CCN)c1. The van der Waals surface area contributed by atoms with Crippen LogP contribution in [-0.4, -0.2) is 39.5 Å². The monoisotopic (exact) mass is 272 g/mol. The van der Waals surface area contributed by atoms with Gasteiger partial charge in [0.2, 0.25) is 0 Å². The molecule has 1 aromatic heterocycles. The number of rotatable bonds is 3. The first-order valence-corrected chi connectivity index (χ1v) is 6.21. The van der Waals surface area contributed by atoms with Crippen LogP contribution in [0, 0.1) is 0 Å². The molecule has 0 bridgehead atoms. The van der Waals surface area contributed by atoms with Crippen LogP contribution in [0.4, 0.5) is 0 Å². The van der Waals surface area contributed by atoms with E-state index in [1.54, 1.807) is 17.1 Å². The van der Waals surface area contributed by atoms with E-state index in [0.717, 1.165) is 25.8 Å². The van der Waals surface area contributed by atoms with Crippen molar-refractivity contribution in [2.45, 2.75) is 31.7 Å². The van der Waals surface area contributed by atoms with Gasteiger partial charge in [-0.25, -0.2) is 4.98 Å². The van der Waals surface area contributed by atoms with Gasteiger partial charge >= 0.3 is 0 Å².